The Labute approximate surface area is 226 Å². The molecule has 2 aromatic heterocycles. The number of nitrogens with two attached hydrogens (primary N) is 3. The molecule has 0 atom stereocenters. The number of amides is 3. The number of fused-ring (bicyclic) bond motifs is 3. The zero-order valence-corrected chi connectivity index (χ0v) is 21.8. The van der Waals surface area contributed by atoms with Gasteiger partial charge in [-0.15, -0.1) is 0 Å². The number of pyridine rings is 2. The predicted molar refractivity (Wildman–Crippen MR) is 150 cm³/mol. The third-order valence-corrected chi connectivity index (χ3v) is 6.38. The molecule has 1 saturated heterocycles. The molecule has 202 valence electrons. The summed E-state index contributed by atoms with van der Waals surface area (Å²) in [5.74, 6) is 5.18. The molecule has 0 unspecified atom stereocenters. The normalized spacial score (nSPS) is 13.3. The zero-order chi connectivity index (χ0) is 27.9. The van der Waals surface area contributed by atoms with E-state index in [0.29, 0.717) is 41.7 Å². The highest BCUT2D eigenvalue weighted by Gasteiger charge is 2.30. The van der Waals surface area contributed by atoms with E-state index in [1.54, 1.807) is 35.2 Å². The van der Waals surface area contributed by atoms with E-state index in [9.17, 15) is 14.4 Å². The van der Waals surface area contributed by atoms with Crippen LogP contribution in [0, 0.1) is 11.8 Å². The third-order valence-electron chi connectivity index (χ3n) is 6.38. The highest BCUT2D eigenvalue weighted by Crippen LogP contribution is 2.32. The van der Waals surface area contributed by atoms with E-state index in [0.717, 1.165) is 31.4 Å². The second-order valence-corrected chi connectivity index (χ2v) is 9.13. The average molecular weight is 530 g/mol. The lowest BCUT2D eigenvalue weighted by Gasteiger charge is -2.20. The number of carbonyl (C=O) groups is 3. The summed E-state index contributed by atoms with van der Waals surface area (Å²) in [6.07, 6.45) is 2.80. The lowest BCUT2D eigenvalue weighted by atomic mass is 9.94. The number of unbranched alkanes of at least 4 members (excludes halogenated alkanes) is 1. The van der Waals surface area contributed by atoms with Crippen molar-refractivity contribution in [2.24, 2.45) is 16.5 Å². The largest absolute Gasteiger partial charge is 0.448 e. The maximum absolute atomic E-state index is 13.1. The first-order valence-electron chi connectivity index (χ1n) is 12.8. The van der Waals surface area contributed by atoms with Crippen molar-refractivity contribution in [3.05, 3.63) is 52.6 Å². The van der Waals surface area contributed by atoms with Crippen LogP contribution in [0.1, 0.15) is 64.4 Å². The summed E-state index contributed by atoms with van der Waals surface area (Å²) in [7, 11) is 0. The number of aromatic nitrogens is 1. The van der Waals surface area contributed by atoms with Crippen molar-refractivity contribution >= 4 is 46.2 Å². The fraction of sp³-hybridized carbons (Fsp3) is 0.321. The van der Waals surface area contributed by atoms with Crippen LogP contribution < -0.4 is 22.5 Å². The first kappa shape index (κ1) is 27.2. The van der Waals surface area contributed by atoms with Crippen molar-refractivity contribution in [3.8, 4) is 11.8 Å². The summed E-state index contributed by atoms with van der Waals surface area (Å²) in [6.45, 7) is 3.84. The number of ether oxygens (including phenoxy) is 1. The second-order valence-electron chi connectivity index (χ2n) is 9.13. The van der Waals surface area contributed by atoms with Gasteiger partial charge in [-0.2, -0.15) is 4.99 Å². The molecule has 7 N–H and O–H groups in total. The van der Waals surface area contributed by atoms with Gasteiger partial charge in [-0.1, -0.05) is 25.2 Å². The van der Waals surface area contributed by atoms with Crippen LogP contribution in [0.15, 0.2) is 35.3 Å². The minimum atomic E-state index is -0.745. The van der Waals surface area contributed by atoms with Gasteiger partial charge in [0.25, 0.3) is 5.91 Å². The van der Waals surface area contributed by atoms with Gasteiger partial charge in [0.1, 0.15) is 11.7 Å². The van der Waals surface area contributed by atoms with Gasteiger partial charge < -0.3 is 32.2 Å². The quantitative estimate of drug-likeness (QED) is 0.149. The zero-order valence-electron chi connectivity index (χ0n) is 21.8. The van der Waals surface area contributed by atoms with Crippen LogP contribution in [0.2, 0.25) is 0 Å². The molecule has 0 saturated carbocycles. The average Bonchev–Trinajstić information content (AvgIpc) is 3.46. The van der Waals surface area contributed by atoms with E-state index >= 15 is 0 Å². The number of hydrogen-bond donors (Lipinski definition) is 4. The Hall–Kier alpha value is -4.85. The van der Waals surface area contributed by atoms with E-state index in [4.69, 9.17) is 21.9 Å². The third kappa shape index (κ3) is 6.18. The molecule has 3 heterocycles. The maximum atomic E-state index is 13.1. The van der Waals surface area contributed by atoms with Crippen molar-refractivity contribution in [2.45, 2.75) is 32.6 Å². The van der Waals surface area contributed by atoms with Crippen molar-refractivity contribution in [1.82, 2.24) is 9.88 Å². The van der Waals surface area contributed by atoms with Crippen LogP contribution in [-0.2, 0) is 4.74 Å². The van der Waals surface area contributed by atoms with Gasteiger partial charge in [-0.3, -0.25) is 9.59 Å². The molecule has 1 fully saturated rings. The molecule has 4 aromatic rings. The number of benzene rings is 2. The molecule has 0 spiro atoms. The van der Waals surface area contributed by atoms with E-state index in [-0.39, 0.29) is 35.2 Å². The summed E-state index contributed by atoms with van der Waals surface area (Å²) >= 11 is 0. The molecule has 5 rings (SSSR count). The van der Waals surface area contributed by atoms with Crippen LogP contribution in [0.5, 0.6) is 0 Å². The monoisotopic (exact) mass is 529 g/mol. The van der Waals surface area contributed by atoms with Gasteiger partial charge in [0, 0.05) is 35.3 Å². The Morgan fingerprint density at radius 2 is 1.85 bits per heavy atom. The van der Waals surface area contributed by atoms with Crippen LogP contribution in [0.3, 0.4) is 0 Å². The molecule has 11 nitrogen and oxygen atoms in total. The molecule has 1 aliphatic rings. The number of primary amides is 1. The Morgan fingerprint density at radius 1 is 1.13 bits per heavy atom. The number of anilines is 2. The van der Waals surface area contributed by atoms with E-state index in [2.05, 4.69) is 27.1 Å². The Kier molecular flexibility index (Phi) is 8.46. The van der Waals surface area contributed by atoms with E-state index < -0.39 is 12.0 Å². The molecule has 39 heavy (non-hydrogen) atoms. The molecule has 0 aliphatic carbocycles. The highest BCUT2D eigenvalue weighted by atomic mass is 16.5. The molecule has 2 aromatic carbocycles. The van der Waals surface area contributed by atoms with Crippen LogP contribution >= 0.6 is 0 Å². The number of nitrogens with one attached hydrogen (secondary N) is 1. The Morgan fingerprint density at radius 3 is 2.51 bits per heavy atom. The highest BCUT2D eigenvalue weighted by molar-refractivity contribution is 6.19. The summed E-state index contributed by atoms with van der Waals surface area (Å²) in [5.41, 5.74) is 20.1. The minimum Gasteiger partial charge on any atom is -0.448 e. The molecular formula is C28H31N7O4. The summed E-state index contributed by atoms with van der Waals surface area (Å²) in [4.78, 5) is 47.0. The van der Waals surface area contributed by atoms with Crippen LogP contribution in [0.25, 0.3) is 10.9 Å². The summed E-state index contributed by atoms with van der Waals surface area (Å²) in [5, 5.41) is 3.46. The molecule has 0 radical (unpaired) electrons. The van der Waals surface area contributed by atoms with Crippen molar-refractivity contribution < 1.29 is 19.1 Å². The van der Waals surface area contributed by atoms with E-state index in [1.165, 1.54) is 0 Å². The lowest BCUT2D eigenvalue weighted by Crippen LogP contribution is -2.31. The maximum Gasteiger partial charge on any atom is 0.435 e. The number of rotatable bonds is 8. The summed E-state index contributed by atoms with van der Waals surface area (Å²) in [6, 6.07) is 8.68. The molecule has 3 amide bonds. The smallest absolute Gasteiger partial charge is 0.435 e. The SMILES string of the molecule is CCCCOC(=O)N=C(N)c1ccc(NCC#Cc2cc3nc(N)c2c(C(N)=O)c3C(=O)N2CCCC2)cc1. The second kappa shape index (κ2) is 12.1. The van der Waals surface area contributed by atoms with Gasteiger partial charge in [-0.05, 0) is 49.6 Å². The lowest BCUT2D eigenvalue weighted by molar-refractivity contribution is 0.0788. The minimum absolute atomic E-state index is 0.0665. The molecule has 1 aliphatic heterocycles. The summed E-state index contributed by atoms with van der Waals surface area (Å²) < 4.78 is 4.99. The Bertz CT molecular complexity index is 1470. The fourth-order valence-electron chi connectivity index (χ4n) is 4.39. The number of nitrogens with zero attached hydrogens (tertiary/aromatic N) is 3. The van der Waals surface area contributed by atoms with Gasteiger partial charge in [-0.25, -0.2) is 9.78 Å². The number of likely N-dealkylation sites (tertiary alicyclic amines) is 1. The van der Waals surface area contributed by atoms with E-state index in [1.807, 2.05) is 6.92 Å². The van der Waals surface area contributed by atoms with Gasteiger partial charge in [0.2, 0.25) is 5.91 Å². The number of hydrogen-bond acceptors (Lipinski definition) is 7. The topological polar surface area (TPSA) is 179 Å². The first-order chi connectivity index (χ1) is 18.8. The molecule has 2 bridgehead atoms. The fourth-order valence-corrected chi connectivity index (χ4v) is 4.39. The van der Waals surface area contributed by atoms with Crippen molar-refractivity contribution in [1.29, 1.82) is 0 Å². The number of aliphatic imine (C=N–C) groups is 1. The van der Waals surface area contributed by atoms with Crippen molar-refractivity contribution in [2.75, 3.05) is 37.3 Å². The standard InChI is InChI=1S/C28H31N7O4/c1-2-3-15-39-28(38)34-24(29)17-8-10-19(11-9-17)32-12-6-7-18-16-20-22(27(37)35-13-4-5-14-35)23(26(31)36)21(18)25(30)33-20/h8-11,16,32H,2-5,12-15H2,1H3,(H2,30,33)(H2,31,36)(H2,29,34,38). The number of nitrogen functional groups attached to an aromatic ring is 1. The predicted octanol–water partition coefficient (Wildman–Crippen LogP) is 2.70. The van der Waals surface area contributed by atoms with Gasteiger partial charge >= 0.3 is 6.09 Å². The van der Waals surface area contributed by atoms with Crippen LogP contribution in [0.4, 0.5) is 16.3 Å². The first-order valence-corrected chi connectivity index (χ1v) is 12.8. The molecular weight excluding hydrogens is 498 g/mol. The number of amidine groups is 1. The van der Waals surface area contributed by atoms with Crippen molar-refractivity contribution in [3.63, 3.8) is 0 Å². The Balaban J connectivity index is 1.45. The van der Waals surface area contributed by atoms with Gasteiger partial charge in [0.05, 0.1) is 29.8 Å². The van der Waals surface area contributed by atoms with Crippen LogP contribution in [-0.4, -0.2) is 59.9 Å². The molecule has 11 heteroatoms. The van der Waals surface area contributed by atoms with Gasteiger partial charge in [0.15, 0.2) is 0 Å². The number of carbonyl (C=O) groups excluding carboxylic acids is 3.